The summed E-state index contributed by atoms with van der Waals surface area (Å²) >= 11 is 0. The Bertz CT molecular complexity index is 204. The van der Waals surface area contributed by atoms with Gasteiger partial charge in [-0.25, -0.2) is 0 Å². The lowest BCUT2D eigenvalue weighted by atomic mass is 10.1. The predicted octanol–water partition coefficient (Wildman–Crippen LogP) is 1.89. The third-order valence-electron chi connectivity index (χ3n) is 2.43. The minimum absolute atomic E-state index is 0.177. The smallest absolute Gasteiger partial charge is 0.303 e. The average molecular weight is 215 g/mol. The fraction of sp³-hybridized carbons (Fsp3) is 0.818. The van der Waals surface area contributed by atoms with E-state index in [-0.39, 0.29) is 12.3 Å². The molecule has 0 saturated carbocycles. The molecule has 0 atom stereocenters. The number of nitrogens with zero attached hydrogens (tertiary/aromatic N) is 1. The molecule has 0 bridgehead atoms. The molecule has 0 heterocycles. The lowest BCUT2D eigenvalue weighted by molar-refractivity contribution is -0.137. The van der Waals surface area contributed by atoms with E-state index in [1.807, 2.05) is 6.92 Å². The highest BCUT2D eigenvalue weighted by Crippen LogP contribution is 2.06. The largest absolute Gasteiger partial charge is 0.481 e. The molecule has 1 N–H and O–H groups in total. The second-order valence-corrected chi connectivity index (χ2v) is 3.72. The number of hydrogen-bond acceptors (Lipinski definition) is 2. The van der Waals surface area contributed by atoms with E-state index >= 15 is 0 Å². The molecule has 0 saturated heterocycles. The second-order valence-electron chi connectivity index (χ2n) is 3.72. The van der Waals surface area contributed by atoms with Crippen LogP contribution in [0.3, 0.4) is 0 Å². The van der Waals surface area contributed by atoms with E-state index in [4.69, 9.17) is 5.11 Å². The van der Waals surface area contributed by atoms with Crippen LogP contribution in [0.15, 0.2) is 0 Å². The Morgan fingerprint density at radius 3 is 2.07 bits per heavy atom. The van der Waals surface area contributed by atoms with Crippen molar-refractivity contribution in [1.82, 2.24) is 4.90 Å². The molecule has 15 heavy (non-hydrogen) atoms. The Kier molecular flexibility index (Phi) is 7.68. The summed E-state index contributed by atoms with van der Waals surface area (Å²) in [6.07, 6.45) is 4.24. The first-order valence-corrected chi connectivity index (χ1v) is 5.53. The molecule has 0 radical (unpaired) electrons. The quantitative estimate of drug-likeness (QED) is 0.629. The number of carbonyl (C=O) groups excluding carboxylic acids is 1. The molecule has 0 unspecified atom stereocenters. The molecule has 0 aliphatic rings. The maximum Gasteiger partial charge on any atom is 0.303 e. The van der Waals surface area contributed by atoms with Crippen LogP contribution in [-0.2, 0) is 9.59 Å². The van der Waals surface area contributed by atoms with E-state index in [9.17, 15) is 9.59 Å². The highest BCUT2D eigenvalue weighted by Gasteiger charge is 2.05. The van der Waals surface area contributed by atoms with Crippen LogP contribution in [0, 0.1) is 0 Å². The summed E-state index contributed by atoms with van der Waals surface area (Å²) in [5.74, 6) is -0.562. The Labute approximate surface area is 91.3 Å². The van der Waals surface area contributed by atoms with Gasteiger partial charge >= 0.3 is 5.97 Å². The van der Waals surface area contributed by atoms with E-state index in [0.717, 1.165) is 25.8 Å². The van der Waals surface area contributed by atoms with Gasteiger partial charge in [-0.2, -0.15) is 0 Å². The Morgan fingerprint density at radius 2 is 1.60 bits per heavy atom. The van der Waals surface area contributed by atoms with Gasteiger partial charge in [0.2, 0.25) is 5.91 Å². The molecule has 0 aromatic carbocycles. The highest BCUT2D eigenvalue weighted by atomic mass is 16.4. The molecule has 0 aliphatic carbocycles. The maximum absolute atomic E-state index is 11.3. The van der Waals surface area contributed by atoms with Gasteiger partial charge in [-0.3, -0.25) is 9.59 Å². The molecule has 88 valence electrons. The molecule has 0 aromatic rings. The lowest BCUT2D eigenvalue weighted by Gasteiger charge is -2.13. The molecular weight excluding hydrogens is 194 g/mol. The summed E-state index contributed by atoms with van der Waals surface area (Å²) < 4.78 is 0. The normalized spacial score (nSPS) is 10.0. The lowest BCUT2D eigenvalue weighted by Crippen LogP contribution is -2.25. The zero-order chi connectivity index (χ0) is 11.7. The first-order valence-electron chi connectivity index (χ1n) is 5.53. The molecular formula is C11H21NO3. The van der Waals surface area contributed by atoms with Gasteiger partial charge in [-0.05, 0) is 19.8 Å². The van der Waals surface area contributed by atoms with E-state index in [0.29, 0.717) is 12.8 Å². The van der Waals surface area contributed by atoms with Gasteiger partial charge in [0.25, 0.3) is 0 Å². The van der Waals surface area contributed by atoms with Crippen molar-refractivity contribution in [1.29, 1.82) is 0 Å². The van der Waals surface area contributed by atoms with Gasteiger partial charge in [0, 0.05) is 26.4 Å². The first kappa shape index (κ1) is 13.9. The molecule has 0 rings (SSSR count). The zero-order valence-electron chi connectivity index (χ0n) is 9.66. The molecule has 0 aromatic heterocycles. The van der Waals surface area contributed by atoms with E-state index in [2.05, 4.69) is 0 Å². The van der Waals surface area contributed by atoms with Crippen LogP contribution in [0.2, 0.25) is 0 Å². The zero-order valence-corrected chi connectivity index (χ0v) is 9.66. The topological polar surface area (TPSA) is 57.6 Å². The number of amides is 1. The Morgan fingerprint density at radius 1 is 1.07 bits per heavy atom. The number of carboxylic acids is 1. The monoisotopic (exact) mass is 215 g/mol. The highest BCUT2D eigenvalue weighted by molar-refractivity contribution is 5.75. The van der Waals surface area contributed by atoms with Crippen LogP contribution in [0.1, 0.15) is 45.4 Å². The van der Waals surface area contributed by atoms with Crippen molar-refractivity contribution in [3.8, 4) is 0 Å². The van der Waals surface area contributed by atoms with Gasteiger partial charge < -0.3 is 10.0 Å². The van der Waals surface area contributed by atoms with Crippen LogP contribution in [0.25, 0.3) is 0 Å². The van der Waals surface area contributed by atoms with Crippen molar-refractivity contribution in [2.75, 3.05) is 13.6 Å². The number of unbranched alkanes of at least 4 members (excludes halogenated alkanes) is 3. The van der Waals surface area contributed by atoms with Gasteiger partial charge in [-0.1, -0.05) is 12.8 Å². The molecule has 4 heteroatoms. The minimum Gasteiger partial charge on any atom is -0.481 e. The van der Waals surface area contributed by atoms with Crippen molar-refractivity contribution >= 4 is 11.9 Å². The fourth-order valence-electron chi connectivity index (χ4n) is 1.27. The summed E-state index contributed by atoms with van der Waals surface area (Å²) in [5.41, 5.74) is 0. The Balaban J connectivity index is 3.31. The molecule has 0 fully saturated rings. The Hall–Kier alpha value is -1.06. The number of hydrogen-bond donors (Lipinski definition) is 1. The van der Waals surface area contributed by atoms with Gasteiger partial charge in [0.1, 0.15) is 0 Å². The molecule has 0 spiro atoms. The number of aliphatic carboxylic acids is 1. The van der Waals surface area contributed by atoms with Crippen molar-refractivity contribution < 1.29 is 14.7 Å². The fourth-order valence-corrected chi connectivity index (χ4v) is 1.27. The number of rotatable bonds is 8. The third kappa shape index (κ3) is 7.97. The van der Waals surface area contributed by atoms with Crippen molar-refractivity contribution in [2.24, 2.45) is 0 Å². The SMILES string of the molecule is CCN(C)C(=O)CCCCCCC(=O)O. The van der Waals surface area contributed by atoms with E-state index < -0.39 is 5.97 Å². The average Bonchev–Trinajstić information content (AvgIpc) is 2.21. The van der Waals surface area contributed by atoms with Crippen molar-refractivity contribution in [3.05, 3.63) is 0 Å². The van der Waals surface area contributed by atoms with Crippen molar-refractivity contribution in [3.63, 3.8) is 0 Å². The van der Waals surface area contributed by atoms with Crippen LogP contribution in [0.5, 0.6) is 0 Å². The number of carbonyl (C=O) groups is 2. The predicted molar refractivity (Wildman–Crippen MR) is 58.6 cm³/mol. The van der Waals surface area contributed by atoms with Gasteiger partial charge in [0.15, 0.2) is 0 Å². The molecule has 4 nitrogen and oxygen atoms in total. The van der Waals surface area contributed by atoms with Gasteiger partial charge in [0.05, 0.1) is 0 Å². The van der Waals surface area contributed by atoms with Gasteiger partial charge in [-0.15, -0.1) is 0 Å². The summed E-state index contributed by atoms with van der Waals surface area (Å²) in [6, 6.07) is 0. The standard InChI is InChI=1S/C11H21NO3/c1-3-12(2)10(13)8-6-4-5-7-9-11(14)15/h3-9H2,1-2H3,(H,14,15). The van der Waals surface area contributed by atoms with Crippen LogP contribution < -0.4 is 0 Å². The maximum atomic E-state index is 11.3. The van der Waals surface area contributed by atoms with E-state index in [1.165, 1.54) is 0 Å². The van der Waals surface area contributed by atoms with Crippen LogP contribution in [-0.4, -0.2) is 35.5 Å². The summed E-state index contributed by atoms with van der Waals surface area (Å²) in [7, 11) is 1.80. The molecule has 0 aliphatic heterocycles. The first-order chi connectivity index (χ1) is 7.07. The number of carboxylic acid groups (broad SMARTS) is 1. The van der Waals surface area contributed by atoms with Crippen LogP contribution >= 0.6 is 0 Å². The summed E-state index contributed by atoms with van der Waals surface area (Å²) in [6.45, 7) is 2.70. The van der Waals surface area contributed by atoms with Crippen molar-refractivity contribution in [2.45, 2.75) is 45.4 Å². The van der Waals surface area contributed by atoms with E-state index in [1.54, 1.807) is 11.9 Å². The summed E-state index contributed by atoms with van der Waals surface area (Å²) in [5, 5.41) is 8.40. The molecule has 1 amide bonds. The third-order valence-corrected chi connectivity index (χ3v) is 2.43. The van der Waals surface area contributed by atoms with Crippen LogP contribution in [0.4, 0.5) is 0 Å². The second kappa shape index (κ2) is 8.26. The summed E-state index contributed by atoms with van der Waals surface area (Å²) in [4.78, 5) is 23.3. The minimum atomic E-state index is -0.739.